The third kappa shape index (κ3) is 4.05. The Balaban J connectivity index is 2.04. The van der Waals surface area contributed by atoms with E-state index in [1.807, 2.05) is 43.3 Å². The van der Waals surface area contributed by atoms with Gasteiger partial charge < -0.3 is 10.5 Å². The molecule has 0 aliphatic rings. The van der Waals surface area contributed by atoms with Crippen molar-refractivity contribution in [1.29, 1.82) is 0 Å². The van der Waals surface area contributed by atoms with Gasteiger partial charge in [0.25, 0.3) is 0 Å². The van der Waals surface area contributed by atoms with Crippen molar-refractivity contribution in [3.05, 3.63) is 47.0 Å². The number of thioether (sulfide) groups is 1. The molecule has 0 aliphatic heterocycles. The molecule has 20 heavy (non-hydrogen) atoms. The molecule has 3 nitrogen and oxygen atoms in total. The van der Waals surface area contributed by atoms with Crippen molar-refractivity contribution in [2.75, 3.05) is 12.3 Å². The Hall–Kier alpha value is -1.39. The molecule has 106 valence electrons. The minimum atomic E-state index is 0.510. The fraction of sp³-hybridized carbons (Fsp3) is 0.267. The van der Waals surface area contributed by atoms with Crippen LogP contribution in [0.25, 0.3) is 0 Å². The molecule has 5 heteroatoms. The number of aromatic nitrogens is 1. The van der Waals surface area contributed by atoms with Crippen LogP contribution in [0.5, 0.6) is 5.88 Å². The van der Waals surface area contributed by atoms with Gasteiger partial charge in [0.2, 0.25) is 5.88 Å². The van der Waals surface area contributed by atoms with Crippen LogP contribution in [-0.2, 0) is 5.75 Å². The molecule has 1 heterocycles. The van der Waals surface area contributed by atoms with Gasteiger partial charge in [-0.1, -0.05) is 36.7 Å². The summed E-state index contributed by atoms with van der Waals surface area (Å²) >= 11 is 7.75. The van der Waals surface area contributed by atoms with E-state index in [-0.39, 0.29) is 0 Å². The molecule has 1 aromatic carbocycles. The molecule has 2 aromatic rings. The van der Waals surface area contributed by atoms with Crippen molar-refractivity contribution in [2.45, 2.75) is 24.1 Å². The molecular formula is C15H17ClN2OS. The molecule has 0 amide bonds. The predicted molar refractivity (Wildman–Crippen MR) is 85.4 cm³/mol. The number of anilines is 1. The Kier molecular flexibility index (Phi) is 5.56. The van der Waals surface area contributed by atoms with Gasteiger partial charge >= 0.3 is 0 Å². The topological polar surface area (TPSA) is 48.1 Å². The van der Waals surface area contributed by atoms with Gasteiger partial charge in [0, 0.05) is 10.8 Å². The highest BCUT2D eigenvalue weighted by atomic mass is 35.5. The SMILES string of the molecule is CCCOc1nc(SCc2ccccc2Cl)ccc1N. The quantitative estimate of drug-likeness (QED) is 0.804. The molecule has 1 aromatic heterocycles. The first-order valence-electron chi connectivity index (χ1n) is 6.46. The van der Waals surface area contributed by atoms with Gasteiger partial charge in [-0.05, 0) is 30.2 Å². The Labute approximate surface area is 128 Å². The monoisotopic (exact) mass is 308 g/mol. The lowest BCUT2D eigenvalue weighted by atomic mass is 10.2. The van der Waals surface area contributed by atoms with Crippen LogP contribution in [0.1, 0.15) is 18.9 Å². The average Bonchev–Trinajstić information content (AvgIpc) is 2.46. The summed E-state index contributed by atoms with van der Waals surface area (Å²) in [6.07, 6.45) is 0.929. The Morgan fingerprint density at radius 3 is 2.80 bits per heavy atom. The number of rotatable bonds is 6. The molecule has 2 N–H and O–H groups in total. The van der Waals surface area contributed by atoms with E-state index >= 15 is 0 Å². The summed E-state index contributed by atoms with van der Waals surface area (Å²) in [5, 5.41) is 1.66. The van der Waals surface area contributed by atoms with Crippen LogP contribution in [-0.4, -0.2) is 11.6 Å². The number of nitrogens with zero attached hydrogens (tertiary/aromatic N) is 1. The normalized spacial score (nSPS) is 10.5. The van der Waals surface area contributed by atoms with Crippen LogP contribution in [0.4, 0.5) is 5.69 Å². The smallest absolute Gasteiger partial charge is 0.238 e. The third-order valence-corrected chi connectivity index (χ3v) is 3.99. The van der Waals surface area contributed by atoms with Gasteiger partial charge in [0.15, 0.2) is 0 Å². The maximum atomic E-state index is 6.14. The van der Waals surface area contributed by atoms with Crippen molar-refractivity contribution >= 4 is 29.1 Å². The van der Waals surface area contributed by atoms with Gasteiger partial charge in [-0.25, -0.2) is 4.98 Å². The number of hydrogen-bond donors (Lipinski definition) is 1. The summed E-state index contributed by atoms with van der Waals surface area (Å²) in [5.41, 5.74) is 7.51. The fourth-order valence-electron chi connectivity index (χ4n) is 1.60. The lowest BCUT2D eigenvalue weighted by Crippen LogP contribution is -2.01. The highest BCUT2D eigenvalue weighted by molar-refractivity contribution is 7.98. The van der Waals surface area contributed by atoms with E-state index in [1.54, 1.807) is 11.8 Å². The van der Waals surface area contributed by atoms with E-state index in [4.69, 9.17) is 22.1 Å². The van der Waals surface area contributed by atoms with Gasteiger partial charge in [-0.15, -0.1) is 11.8 Å². The molecular weight excluding hydrogens is 292 g/mol. The summed E-state index contributed by atoms with van der Waals surface area (Å²) in [5.74, 6) is 1.28. The van der Waals surface area contributed by atoms with Crippen molar-refractivity contribution < 1.29 is 4.74 Å². The molecule has 2 rings (SSSR count). The minimum absolute atomic E-state index is 0.510. The first kappa shape index (κ1) is 15.0. The maximum Gasteiger partial charge on any atom is 0.238 e. The molecule has 0 saturated heterocycles. The Morgan fingerprint density at radius 2 is 2.05 bits per heavy atom. The molecule has 0 spiro atoms. The summed E-state index contributed by atoms with van der Waals surface area (Å²) in [4.78, 5) is 4.43. The molecule has 0 unspecified atom stereocenters. The number of hydrogen-bond acceptors (Lipinski definition) is 4. The second-order valence-electron chi connectivity index (χ2n) is 4.27. The van der Waals surface area contributed by atoms with Crippen LogP contribution in [0.2, 0.25) is 5.02 Å². The van der Waals surface area contributed by atoms with E-state index in [9.17, 15) is 0 Å². The number of benzene rings is 1. The molecule has 0 aliphatic carbocycles. The summed E-state index contributed by atoms with van der Waals surface area (Å²) < 4.78 is 5.53. The second-order valence-corrected chi connectivity index (χ2v) is 5.68. The van der Waals surface area contributed by atoms with Gasteiger partial charge in [-0.2, -0.15) is 0 Å². The van der Waals surface area contributed by atoms with Crippen molar-refractivity contribution in [1.82, 2.24) is 4.98 Å². The lowest BCUT2D eigenvalue weighted by molar-refractivity contribution is 0.305. The first-order valence-corrected chi connectivity index (χ1v) is 7.82. The molecule has 0 radical (unpaired) electrons. The van der Waals surface area contributed by atoms with E-state index in [2.05, 4.69) is 4.98 Å². The zero-order valence-electron chi connectivity index (χ0n) is 11.3. The second kappa shape index (κ2) is 7.41. The number of halogens is 1. The first-order chi connectivity index (χ1) is 9.70. The number of pyridine rings is 1. The Morgan fingerprint density at radius 1 is 1.25 bits per heavy atom. The van der Waals surface area contributed by atoms with E-state index in [1.165, 1.54) is 0 Å². The highest BCUT2D eigenvalue weighted by Gasteiger charge is 2.06. The lowest BCUT2D eigenvalue weighted by Gasteiger charge is -2.09. The molecule has 0 saturated carbocycles. The van der Waals surface area contributed by atoms with Crippen molar-refractivity contribution in [2.24, 2.45) is 0 Å². The van der Waals surface area contributed by atoms with Crippen LogP contribution in [0, 0.1) is 0 Å². The average molecular weight is 309 g/mol. The van der Waals surface area contributed by atoms with Gasteiger partial charge in [0.1, 0.15) is 5.03 Å². The minimum Gasteiger partial charge on any atom is -0.476 e. The maximum absolute atomic E-state index is 6.14. The van der Waals surface area contributed by atoms with Crippen LogP contribution in [0.15, 0.2) is 41.4 Å². The molecule has 0 atom stereocenters. The highest BCUT2D eigenvalue weighted by Crippen LogP contribution is 2.28. The van der Waals surface area contributed by atoms with Gasteiger partial charge in [-0.3, -0.25) is 0 Å². The summed E-state index contributed by atoms with van der Waals surface area (Å²) in [6.45, 7) is 2.67. The standard InChI is InChI=1S/C15H17ClN2OS/c1-2-9-19-15-13(17)7-8-14(18-15)20-10-11-5-3-4-6-12(11)16/h3-8H,2,9-10,17H2,1H3. The predicted octanol–water partition coefficient (Wildman–Crippen LogP) is 4.40. The number of nitrogen functional groups attached to an aromatic ring is 1. The zero-order valence-corrected chi connectivity index (χ0v) is 12.9. The number of nitrogens with two attached hydrogens (primary N) is 1. The summed E-state index contributed by atoms with van der Waals surface area (Å²) in [6, 6.07) is 11.5. The third-order valence-electron chi connectivity index (χ3n) is 2.64. The van der Waals surface area contributed by atoms with E-state index < -0.39 is 0 Å². The summed E-state index contributed by atoms with van der Waals surface area (Å²) in [7, 11) is 0. The van der Waals surface area contributed by atoms with E-state index in [0.29, 0.717) is 18.2 Å². The largest absolute Gasteiger partial charge is 0.476 e. The van der Waals surface area contributed by atoms with Crippen LogP contribution in [0.3, 0.4) is 0 Å². The Bertz CT molecular complexity index is 578. The zero-order chi connectivity index (χ0) is 14.4. The van der Waals surface area contributed by atoms with Crippen molar-refractivity contribution in [3.63, 3.8) is 0 Å². The number of ether oxygens (including phenoxy) is 1. The van der Waals surface area contributed by atoms with Crippen LogP contribution < -0.4 is 10.5 Å². The van der Waals surface area contributed by atoms with Crippen LogP contribution >= 0.6 is 23.4 Å². The molecule has 0 fully saturated rings. The fourth-order valence-corrected chi connectivity index (χ4v) is 2.74. The van der Waals surface area contributed by atoms with Gasteiger partial charge in [0.05, 0.1) is 12.3 Å². The van der Waals surface area contributed by atoms with E-state index in [0.717, 1.165) is 27.8 Å². The van der Waals surface area contributed by atoms with Crippen molar-refractivity contribution in [3.8, 4) is 5.88 Å². The molecule has 0 bridgehead atoms.